The third-order valence-corrected chi connectivity index (χ3v) is 4.12. The van der Waals surface area contributed by atoms with Crippen molar-refractivity contribution in [3.63, 3.8) is 0 Å². The minimum absolute atomic E-state index is 0. The largest absolute Gasteiger partial charge is 0.353 e. The van der Waals surface area contributed by atoms with Gasteiger partial charge in [0.1, 0.15) is 0 Å². The van der Waals surface area contributed by atoms with Crippen LogP contribution in [-0.2, 0) is 4.79 Å². The molecular formula is C14H27ClN2O. The van der Waals surface area contributed by atoms with Crippen LogP contribution in [0.3, 0.4) is 0 Å². The molecule has 1 aliphatic heterocycles. The minimum Gasteiger partial charge on any atom is -0.353 e. The highest BCUT2D eigenvalue weighted by molar-refractivity contribution is 5.85. The molecule has 1 saturated heterocycles. The lowest BCUT2D eigenvalue weighted by atomic mass is 9.94. The maximum absolute atomic E-state index is 12.1. The topological polar surface area (TPSA) is 41.1 Å². The van der Waals surface area contributed by atoms with Crippen molar-refractivity contribution in [1.29, 1.82) is 0 Å². The Hall–Kier alpha value is -0.280. The van der Waals surface area contributed by atoms with Crippen LogP contribution in [-0.4, -0.2) is 25.0 Å². The summed E-state index contributed by atoms with van der Waals surface area (Å²) in [5.74, 6) is 0.511. The predicted octanol–water partition coefficient (Wildman–Crippen LogP) is 2.64. The van der Waals surface area contributed by atoms with Crippen LogP contribution < -0.4 is 10.6 Å². The lowest BCUT2D eigenvalue weighted by molar-refractivity contribution is -0.126. The fraction of sp³-hybridized carbons (Fsp3) is 0.929. The number of carbonyl (C=O) groups is 1. The van der Waals surface area contributed by atoms with E-state index in [0.29, 0.717) is 11.9 Å². The minimum atomic E-state index is 0. The van der Waals surface area contributed by atoms with Crippen LogP contribution in [0.2, 0.25) is 0 Å². The molecule has 0 bridgehead atoms. The van der Waals surface area contributed by atoms with Crippen molar-refractivity contribution < 1.29 is 4.79 Å². The van der Waals surface area contributed by atoms with Crippen LogP contribution in [0.1, 0.15) is 57.8 Å². The Morgan fingerprint density at radius 2 is 1.61 bits per heavy atom. The summed E-state index contributed by atoms with van der Waals surface area (Å²) in [6.45, 7) is 1.95. The van der Waals surface area contributed by atoms with Gasteiger partial charge in [0.15, 0.2) is 0 Å². The van der Waals surface area contributed by atoms with Gasteiger partial charge in [-0.3, -0.25) is 4.79 Å². The fourth-order valence-corrected chi connectivity index (χ4v) is 3.00. The van der Waals surface area contributed by atoms with E-state index in [2.05, 4.69) is 10.6 Å². The number of hydrogen-bond donors (Lipinski definition) is 2. The predicted molar refractivity (Wildman–Crippen MR) is 77.1 cm³/mol. The van der Waals surface area contributed by atoms with Crippen molar-refractivity contribution in [2.24, 2.45) is 5.92 Å². The third kappa shape index (κ3) is 5.15. The maximum Gasteiger partial charge on any atom is 0.224 e. The lowest BCUT2D eigenvalue weighted by Gasteiger charge is -2.26. The van der Waals surface area contributed by atoms with E-state index < -0.39 is 0 Å². The van der Waals surface area contributed by atoms with Crippen LogP contribution >= 0.6 is 12.4 Å². The average Bonchev–Trinajstić information content (AvgIpc) is 2.33. The number of hydrogen-bond acceptors (Lipinski definition) is 2. The van der Waals surface area contributed by atoms with Crippen LogP contribution in [0.4, 0.5) is 0 Å². The van der Waals surface area contributed by atoms with Crippen molar-refractivity contribution in [3.05, 3.63) is 0 Å². The Bertz CT molecular complexity index is 234. The Morgan fingerprint density at radius 1 is 0.944 bits per heavy atom. The van der Waals surface area contributed by atoms with E-state index in [1.165, 1.54) is 44.9 Å². The van der Waals surface area contributed by atoms with Gasteiger partial charge >= 0.3 is 0 Å². The molecule has 1 unspecified atom stereocenters. The van der Waals surface area contributed by atoms with Gasteiger partial charge < -0.3 is 10.6 Å². The second-order valence-corrected chi connectivity index (χ2v) is 5.59. The van der Waals surface area contributed by atoms with E-state index >= 15 is 0 Å². The van der Waals surface area contributed by atoms with Crippen molar-refractivity contribution in [2.75, 3.05) is 13.1 Å². The summed E-state index contributed by atoms with van der Waals surface area (Å²) in [6.07, 6.45) is 11.2. The molecule has 1 amide bonds. The van der Waals surface area contributed by atoms with Gasteiger partial charge in [-0.2, -0.15) is 0 Å². The van der Waals surface area contributed by atoms with Gasteiger partial charge in [-0.1, -0.05) is 32.1 Å². The van der Waals surface area contributed by atoms with Gasteiger partial charge in [0.2, 0.25) is 5.91 Å². The summed E-state index contributed by atoms with van der Waals surface area (Å²) in [7, 11) is 0. The molecule has 106 valence electrons. The van der Waals surface area contributed by atoms with E-state index in [-0.39, 0.29) is 18.3 Å². The van der Waals surface area contributed by atoms with E-state index in [1.807, 2.05) is 0 Å². The second kappa shape index (κ2) is 8.76. The molecule has 1 atom stereocenters. The van der Waals surface area contributed by atoms with Gasteiger partial charge in [-0.25, -0.2) is 0 Å². The molecule has 3 nitrogen and oxygen atoms in total. The van der Waals surface area contributed by atoms with Crippen molar-refractivity contribution in [1.82, 2.24) is 10.6 Å². The molecule has 2 N–H and O–H groups in total. The van der Waals surface area contributed by atoms with E-state index in [1.54, 1.807) is 0 Å². The summed E-state index contributed by atoms with van der Waals surface area (Å²) in [6, 6.07) is 0.449. The normalized spacial score (nSPS) is 26.6. The quantitative estimate of drug-likeness (QED) is 0.813. The summed E-state index contributed by atoms with van der Waals surface area (Å²) < 4.78 is 0. The standard InChI is InChI=1S/C14H26N2O.ClH/c17-14(12-7-6-10-15-11-12)16-13-8-4-2-1-3-5-9-13;/h12-13,15H,1-11H2,(H,16,17);1H. The first-order valence-corrected chi connectivity index (χ1v) is 7.37. The van der Waals surface area contributed by atoms with Gasteiger partial charge in [-0.15, -0.1) is 12.4 Å². The van der Waals surface area contributed by atoms with Crippen LogP contribution in [0, 0.1) is 5.92 Å². The molecule has 2 fully saturated rings. The summed E-state index contributed by atoms with van der Waals surface area (Å²) >= 11 is 0. The van der Waals surface area contributed by atoms with Crippen LogP contribution in [0.25, 0.3) is 0 Å². The zero-order valence-electron chi connectivity index (χ0n) is 11.2. The molecule has 1 aliphatic carbocycles. The summed E-state index contributed by atoms with van der Waals surface area (Å²) in [5, 5.41) is 6.59. The highest BCUT2D eigenvalue weighted by atomic mass is 35.5. The second-order valence-electron chi connectivity index (χ2n) is 5.59. The molecule has 2 aliphatic rings. The van der Waals surface area contributed by atoms with Gasteiger partial charge in [0.25, 0.3) is 0 Å². The summed E-state index contributed by atoms with van der Waals surface area (Å²) in [4.78, 5) is 12.1. The van der Waals surface area contributed by atoms with Crippen molar-refractivity contribution in [3.8, 4) is 0 Å². The number of piperidine rings is 1. The van der Waals surface area contributed by atoms with E-state index in [9.17, 15) is 4.79 Å². The molecule has 2 rings (SSSR count). The number of amides is 1. The molecule has 4 heteroatoms. The Kier molecular flexibility index (Phi) is 7.68. The Labute approximate surface area is 117 Å². The molecule has 0 radical (unpaired) electrons. The fourth-order valence-electron chi connectivity index (χ4n) is 3.00. The van der Waals surface area contributed by atoms with E-state index in [0.717, 1.165) is 25.9 Å². The highest BCUT2D eigenvalue weighted by Gasteiger charge is 2.23. The third-order valence-electron chi connectivity index (χ3n) is 4.12. The SMILES string of the molecule is Cl.O=C(NC1CCCCCCC1)C1CCCNC1. The zero-order chi connectivity index (χ0) is 11.9. The maximum atomic E-state index is 12.1. The summed E-state index contributed by atoms with van der Waals surface area (Å²) in [5.41, 5.74) is 0. The van der Waals surface area contributed by atoms with E-state index in [4.69, 9.17) is 0 Å². The van der Waals surface area contributed by atoms with Gasteiger partial charge in [0, 0.05) is 12.6 Å². The zero-order valence-corrected chi connectivity index (χ0v) is 12.1. The monoisotopic (exact) mass is 274 g/mol. The van der Waals surface area contributed by atoms with Crippen LogP contribution in [0.5, 0.6) is 0 Å². The smallest absolute Gasteiger partial charge is 0.224 e. The molecule has 0 aromatic carbocycles. The van der Waals surface area contributed by atoms with Crippen molar-refractivity contribution >= 4 is 18.3 Å². The average molecular weight is 275 g/mol. The molecule has 1 saturated carbocycles. The van der Waals surface area contributed by atoms with Gasteiger partial charge in [0.05, 0.1) is 5.92 Å². The number of carbonyl (C=O) groups excluding carboxylic acids is 1. The first-order chi connectivity index (χ1) is 8.36. The molecule has 0 aromatic rings. The Balaban J connectivity index is 0.00000162. The van der Waals surface area contributed by atoms with Crippen LogP contribution in [0.15, 0.2) is 0 Å². The number of halogens is 1. The Morgan fingerprint density at radius 3 is 2.22 bits per heavy atom. The molecule has 0 spiro atoms. The lowest BCUT2D eigenvalue weighted by Crippen LogP contribution is -2.44. The number of nitrogens with one attached hydrogen (secondary N) is 2. The first kappa shape index (κ1) is 15.8. The highest BCUT2D eigenvalue weighted by Crippen LogP contribution is 2.18. The number of rotatable bonds is 2. The molecule has 1 heterocycles. The first-order valence-electron chi connectivity index (χ1n) is 7.37. The molecular weight excluding hydrogens is 248 g/mol. The molecule has 18 heavy (non-hydrogen) atoms. The van der Waals surface area contributed by atoms with Gasteiger partial charge in [-0.05, 0) is 32.2 Å². The molecule has 0 aromatic heterocycles. The van der Waals surface area contributed by atoms with Crippen molar-refractivity contribution in [2.45, 2.75) is 63.8 Å².